The van der Waals surface area contributed by atoms with Crippen LogP contribution in [0.5, 0.6) is 0 Å². The summed E-state index contributed by atoms with van der Waals surface area (Å²) in [5.41, 5.74) is 1.48. The van der Waals surface area contributed by atoms with Crippen molar-refractivity contribution >= 4 is 11.3 Å². The molecule has 1 aromatic heterocycles. The van der Waals surface area contributed by atoms with Gasteiger partial charge in [-0.3, -0.25) is 0 Å². The van der Waals surface area contributed by atoms with Gasteiger partial charge in [0.1, 0.15) is 0 Å². The van der Waals surface area contributed by atoms with E-state index in [2.05, 4.69) is 36.5 Å². The highest BCUT2D eigenvalue weighted by molar-refractivity contribution is 7.09. The van der Waals surface area contributed by atoms with Crippen LogP contribution in [0.25, 0.3) is 0 Å². The number of hydrogen-bond acceptors (Lipinski definition) is 4. The minimum Gasteiger partial charge on any atom is -0.381 e. The Morgan fingerprint density at radius 3 is 2.95 bits per heavy atom. The lowest BCUT2D eigenvalue weighted by Gasteiger charge is -2.37. The van der Waals surface area contributed by atoms with Crippen LogP contribution in [-0.4, -0.2) is 31.3 Å². The summed E-state index contributed by atoms with van der Waals surface area (Å²) in [5, 5.41) is 6.98. The lowest BCUT2D eigenvalue weighted by Crippen LogP contribution is -2.43. The van der Waals surface area contributed by atoms with Gasteiger partial charge in [0.15, 0.2) is 0 Å². The number of rotatable bonds is 6. The minimum atomic E-state index is 0.244. The summed E-state index contributed by atoms with van der Waals surface area (Å²) in [6.45, 7) is 10.5. The first-order valence-electron chi connectivity index (χ1n) is 7.29. The summed E-state index contributed by atoms with van der Waals surface area (Å²) < 4.78 is 5.76. The Morgan fingerprint density at radius 1 is 1.53 bits per heavy atom. The molecule has 0 spiro atoms. The van der Waals surface area contributed by atoms with Crippen molar-refractivity contribution in [2.75, 3.05) is 26.3 Å². The summed E-state index contributed by atoms with van der Waals surface area (Å²) in [6, 6.07) is 0. The first-order valence-corrected chi connectivity index (χ1v) is 8.17. The largest absolute Gasteiger partial charge is 0.381 e. The van der Waals surface area contributed by atoms with Gasteiger partial charge in [-0.1, -0.05) is 13.8 Å². The van der Waals surface area contributed by atoms with E-state index in [-0.39, 0.29) is 5.41 Å². The highest BCUT2D eigenvalue weighted by atomic mass is 32.1. The van der Waals surface area contributed by atoms with Crippen molar-refractivity contribution in [3.8, 4) is 0 Å². The molecule has 2 rings (SSSR count). The Morgan fingerprint density at radius 2 is 2.37 bits per heavy atom. The van der Waals surface area contributed by atoms with E-state index in [0.717, 1.165) is 37.7 Å². The van der Waals surface area contributed by atoms with Gasteiger partial charge in [0, 0.05) is 23.9 Å². The number of aromatic nitrogens is 1. The molecule has 1 unspecified atom stereocenters. The molecule has 1 N–H and O–H groups in total. The van der Waals surface area contributed by atoms with E-state index >= 15 is 0 Å². The van der Waals surface area contributed by atoms with Crippen molar-refractivity contribution in [1.82, 2.24) is 10.3 Å². The van der Waals surface area contributed by atoms with E-state index in [1.165, 1.54) is 18.5 Å². The second-order valence-corrected chi connectivity index (χ2v) is 7.28. The van der Waals surface area contributed by atoms with Crippen molar-refractivity contribution in [3.63, 3.8) is 0 Å². The van der Waals surface area contributed by atoms with Gasteiger partial charge in [-0.2, -0.15) is 0 Å². The van der Waals surface area contributed by atoms with Gasteiger partial charge >= 0.3 is 0 Å². The van der Waals surface area contributed by atoms with Gasteiger partial charge in [-0.25, -0.2) is 4.98 Å². The molecule has 0 aromatic carbocycles. The summed E-state index contributed by atoms with van der Waals surface area (Å²) in [6.07, 6.45) is 3.46. The molecule has 0 saturated carbocycles. The van der Waals surface area contributed by atoms with Crippen molar-refractivity contribution in [1.29, 1.82) is 0 Å². The van der Waals surface area contributed by atoms with Gasteiger partial charge < -0.3 is 10.1 Å². The Bertz CT molecular complexity index is 383. The summed E-state index contributed by atoms with van der Waals surface area (Å²) in [5.74, 6) is 0.697. The Labute approximate surface area is 120 Å². The number of aryl methyl sites for hydroxylation is 1. The van der Waals surface area contributed by atoms with E-state index in [1.807, 2.05) is 0 Å². The second-order valence-electron chi connectivity index (χ2n) is 6.22. The molecule has 0 bridgehead atoms. The zero-order valence-corrected chi connectivity index (χ0v) is 13.2. The van der Waals surface area contributed by atoms with Crippen LogP contribution >= 0.6 is 11.3 Å². The van der Waals surface area contributed by atoms with E-state index in [9.17, 15) is 0 Å². The van der Waals surface area contributed by atoms with E-state index in [0.29, 0.717) is 5.92 Å². The van der Waals surface area contributed by atoms with Crippen LogP contribution in [0.2, 0.25) is 0 Å². The van der Waals surface area contributed by atoms with Crippen LogP contribution in [0.3, 0.4) is 0 Å². The predicted molar refractivity (Wildman–Crippen MR) is 80.7 cm³/mol. The lowest BCUT2D eigenvalue weighted by molar-refractivity contribution is -0.00781. The summed E-state index contributed by atoms with van der Waals surface area (Å²) >= 11 is 1.75. The van der Waals surface area contributed by atoms with Crippen LogP contribution in [0.4, 0.5) is 0 Å². The SMILES string of the molecule is Cc1nc(CC2(CNCC(C)C)CCCOC2)cs1. The molecule has 3 nitrogen and oxygen atoms in total. The van der Waals surface area contributed by atoms with Crippen LogP contribution < -0.4 is 5.32 Å². The first-order chi connectivity index (χ1) is 9.10. The van der Waals surface area contributed by atoms with Crippen LogP contribution in [0.15, 0.2) is 5.38 Å². The van der Waals surface area contributed by atoms with Gasteiger partial charge in [-0.05, 0) is 38.6 Å². The highest BCUT2D eigenvalue weighted by Gasteiger charge is 2.33. The molecule has 1 fully saturated rings. The number of hydrogen-bond donors (Lipinski definition) is 1. The van der Waals surface area contributed by atoms with E-state index < -0.39 is 0 Å². The monoisotopic (exact) mass is 282 g/mol. The zero-order valence-electron chi connectivity index (χ0n) is 12.4. The van der Waals surface area contributed by atoms with Crippen molar-refractivity contribution in [2.24, 2.45) is 11.3 Å². The quantitative estimate of drug-likeness (QED) is 0.871. The summed E-state index contributed by atoms with van der Waals surface area (Å²) in [4.78, 5) is 4.63. The molecule has 0 aliphatic carbocycles. The molecule has 4 heteroatoms. The molecule has 108 valence electrons. The van der Waals surface area contributed by atoms with Crippen LogP contribution in [0.1, 0.15) is 37.4 Å². The normalized spacial score (nSPS) is 24.0. The van der Waals surface area contributed by atoms with Gasteiger partial charge in [-0.15, -0.1) is 11.3 Å². The second kappa shape index (κ2) is 6.82. The molecule has 19 heavy (non-hydrogen) atoms. The maximum absolute atomic E-state index is 5.76. The van der Waals surface area contributed by atoms with Crippen LogP contribution in [-0.2, 0) is 11.2 Å². The number of nitrogens with zero attached hydrogens (tertiary/aromatic N) is 1. The molecule has 1 aliphatic rings. The fourth-order valence-corrected chi connectivity index (χ4v) is 3.36. The number of thiazole rings is 1. The third-order valence-electron chi connectivity index (χ3n) is 3.68. The zero-order chi connectivity index (χ0) is 13.7. The van der Waals surface area contributed by atoms with Crippen molar-refractivity contribution in [2.45, 2.75) is 40.0 Å². The number of ether oxygens (including phenoxy) is 1. The molecule has 1 saturated heterocycles. The molecule has 2 heterocycles. The van der Waals surface area contributed by atoms with Crippen molar-refractivity contribution < 1.29 is 4.74 Å². The van der Waals surface area contributed by atoms with Gasteiger partial charge in [0.25, 0.3) is 0 Å². The summed E-state index contributed by atoms with van der Waals surface area (Å²) in [7, 11) is 0. The fraction of sp³-hybridized carbons (Fsp3) is 0.800. The predicted octanol–water partition coefficient (Wildman–Crippen LogP) is 3.04. The highest BCUT2D eigenvalue weighted by Crippen LogP contribution is 2.32. The Kier molecular flexibility index (Phi) is 5.37. The first kappa shape index (κ1) is 14.9. The average molecular weight is 282 g/mol. The minimum absolute atomic E-state index is 0.244. The van der Waals surface area contributed by atoms with E-state index in [4.69, 9.17) is 4.74 Å². The van der Waals surface area contributed by atoms with E-state index in [1.54, 1.807) is 11.3 Å². The molecular formula is C15H26N2OS. The molecule has 1 atom stereocenters. The fourth-order valence-electron chi connectivity index (χ4n) is 2.75. The van der Waals surface area contributed by atoms with Crippen LogP contribution in [0, 0.1) is 18.3 Å². The Hall–Kier alpha value is -0.450. The molecule has 1 aromatic rings. The molecule has 1 aliphatic heterocycles. The third kappa shape index (κ3) is 4.55. The average Bonchev–Trinajstić information content (AvgIpc) is 2.75. The van der Waals surface area contributed by atoms with Crippen molar-refractivity contribution in [3.05, 3.63) is 16.1 Å². The smallest absolute Gasteiger partial charge is 0.0897 e. The maximum atomic E-state index is 5.76. The maximum Gasteiger partial charge on any atom is 0.0897 e. The molecule has 0 radical (unpaired) electrons. The van der Waals surface area contributed by atoms with Gasteiger partial charge in [0.2, 0.25) is 0 Å². The molecular weight excluding hydrogens is 256 g/mol. The topological polar surface area (TPSA) is 34.2 Å². The van der Waals surface area contributed by atoms with Gasteiger partial charge in [0.05, 0.1) is 17.3 Å². The number of nitrogens with one attached hydrogen (secondary N) is 1. The Balaban J connectivity index is 1.97. The molecule has 0 amide bonds. The third-order valence-corrected chi connectivity index (χ3v) is 4.50. The standard InChI is InChI=1S/C15H26N2OS/c1-12(2)8-16-10-15(5-4-6-18-11-15)7-14-9-19-13(3)17-14/h9,12,16H,4-8,10-11H2,1-3H3. The lowest BCUT2D eigenvalue weighted by atomic mass is 9.78.